The smallest absolute Gasteiger partial charge is 0.268 e. The normalized spacial score (nSPS) is 11.5. The molecule has 0 aliphatic heterocycles. The van der Waals surface area contributed by atoms with Gasteiger partial charge in [-0.15, -0.1) is 0 Å². The third kappa shape index (κ3) is 3.93. The highest BCUT2D eigenvalue weighted by atomic mass is 16.2. The number of H-pyrrole nitrogens is 1. The van der Waals surface area contributed by atoms with Gasteiger partial charge in [-0.3, -0.25) is 9.59 Å². The van der Waals surface area contributed by atoms with Crippen LogP contribution in [0.15, 0.2) is 0 Å². The topological polar surface area (TPSA) is 88.0 Å². The lowest BCUT2D eigenvalue weighted by molar-refractivity contribution is 0.0940. The van der Waals surface area contributed by atoms with E-state index in [-0.39, 0.29) is 11.7 Å². The Bertz CT molecular complexity index is 510. The molecule has 1 heterocycles. The van der Waals surface area contributed by atoms with Crippen molar-refractivity contribution in [1.82, 2.24) is 10.3 Å². The Morgan fingerprint density at radius 1 is 1.35 bits per heavy atom. The third-order valence-electron chi connectivity index (χ3n) is 3.07. The maximum absolute atomic E-state index is 12.3. The van der Waals surface area contributed by atoms with Gasteiger partial charge in [-0.05, 0) is 39.7 Å². The number of amides is 1. The molecule has 0 aliphatic carbocycles. The van der Waals surface area contributed by atoms with Crippen LogP contribution in [0.4, 0.5) is 0 Å². The highest BCUT2D eigenvalue weighted by Crippen LogP contribution is 2.21. The summed E-state index contributed by atoms with van der Waals surface area (Å²) in [5.41, 5.74) is 8.08. The number of hydrogen-bond acceptors (Lipinski definition) is 3. The molecular weight excluding hydrogens is 254 g/mol. The molecule has 0 spiro atoms. The van der Waals surface area contributed by atoms with E-state index in [1.165, 1.54) is 6.92 Å². The fourth-order valence-corrected chi connectivity index (χ4v) is 2.24. The maximum atomic E-state index is 12.3. The Kier molecular flexibility index (Phi) is 5.11. The summed E-state index contributed by atoms with van der Waals surface area (Å²) in [6.45, 7) is 9.45. The molecule has 1 aromatic heterocycles. The lowest BCUT2D eigenvalue weighted by Crippen LogP contribution is -2.45. The van der Waals surface area contributed by atoms with E-state index < -0.39 is 5.54 Å². The number of ketones is 1. The van der Waals surface area contributed by atoms with E-state index in [2.05, 4.69) is 10.3 Å². The molecule has 0 saturated carbocycles. The summed E-state index contributed by atoms with van der Waals surface area (Å²) in [7, 11) is 0. The lowest BCUT2D eigenvalue weighted by Gasteiger charge is -2.18. The molecule has 1 rings (SSSR count). The summed E-state index contributed by atoms with van der Waals surface area (Å²) in [6.07, 6.45) is 1.58. The monoisotopic (exact) mass is 279 g/mol. The Balaban J connectivity index is 3.08. The first kappa shape index (κ1) is 16.4. The summed E-state index contributed by atoms with van der Waals surface area (Å²) < 4.78 is 0. The van der Waals surface area contributed by atoms with Crippen molar-refractivity contribution in [2.24, 2.45) is 5.73 Å². The number of carbonyl (C=O) groups is 2. The standard InChI is InChI=1S/C15H25N3O2/c1-6-7-11-12(10(3)19)9(2)18-13(11)14(20)17-8-15(4,5)16/h18H,6-8,16H2,1-5H3,(H,17,20). The average molecular weight is 279 g/mol. The number of carbonyl (C=O) groups excluding carboxylic acids is 2. The summed E-state index contributed by atoms with van der Waals surface area (Å²) in [6, 6.07) is 0. The molecular formula is C15H25N3O2. The zero-order valence-corrected chi connectivity index (χ0v) is 13.0. The van der Waals surface area contributed by atoms with Crippen molar-refractivity contribution in [3.63, 3.8) is 0 Å². The minimum atomic E-state index is -0.467. The van der Waals surface area contributed by atoms with Crippen molar-refractivity contribution >= 4 is 11.7 Å². The van der Waals surface area contributed by atoms with Crippen LogP contribution in [-0.4, -0.2) is 28.8 Å². The fraction of sp³-hybridized carbons (Fsp3) is 0.600. The summed E-state index contributed by atoms with van der Waals surface area (Å²) in [4.78, 5) is 27.1. The fourth-order valence-electron chi connectivity index (χ4n) is 2.24. The zero-order valence-electron chi connectivity index (χ0n) is 13.0. The molecule has 0 atom stereocenters. The SMILES string of the molecule is CCCc1c(C(=O)NCC(C)(C)N)[nH]c(C)c1C(C)=O. The number of aryl methyl sites for hydroxylation is 1. The molecule has 1 aromatic rings. The molecule has 5 heteroatoms. The van der Waals surface area contributed by atoms with E-state index in [9.17, 15) is 9.59 Å². The van der Waals surface area contributed by atoms with Gasteiger partial charge in [0.05, 0.1) is 0 Å². The summed E-state index contributed by atoms with van der Waals surface area (Å²) in [5, 5.41) is 2.81. The minimum Gasteiger partial charge on any atom is -0.354 e. The molecule has 0 bridgehead atoms. The van der Waals surface area contributed by atoms with Crippen LogP contribution in [0, 0.1) is 6.92 Å². The molecule has 20 heavy (non-hydrogen) atoms. The first-order valence-electron chi connectivity index (χ1n) is 6.96. The number of Topliss-reactive ketones (excluding diaryl/α,β-unsaturated/α-hetero) is 1. The molecule has 0 aromatic carbocycles. The second-order valence-electron chi connectivity index (χ2n) is 5.96. The first-order valence-corrected chi connectivity index (χ1v) is 6.96. The van der Waals surface area contributed by atoms with Crippen LogP contribution in [0.2, 0.25) is 0 Å². The number of rotatable bonds is 6. The van der Waals surface area contributed by atoms with Crippen molar-refractivity contribution in [3.05, 3.63) is 22.5 Å². The highest BCUT2D eigenvalue weighted by Gasteiger charge is 2.23. The Morgan fingerprint density at radius 2 is 1.95 bits per heavy atom. The van der Waals surface area contributed by atoms with Crippen molar-refractivity contribution in [3.8, 4) is 0 Å². The predicted octanol–water partition coefficient (Wildman–Crippen LogP) is 1.95. The van der Waals surface area contributed by atoms with Crippen LogP contribution < -0.4 is 11.1 Å². The van der Waals surface area contributed by atoms with Crippen molar-refractivity contribution < 1.29 is 9.59 Å². The van der Waals surface area contributed by atoms with Gasteiger partial charge in [-0.2, -0.15) is 0 Å². The van der Waals surface area contributed by atoms with Crippen LogP contribution in [0.5, 0.6) is 0 Å². The van der Waals surface area contributed by atoms with Crippen molar-refractivity contribution in [2.75, 3.05) is 6.54 Å². The van der Waals surface area contributed by atoms with Gasteiger partial charge in [-0.25, -0.2) is 0 Å². The molecule has 112 valence electrons. The Hall–Kier alpha value is -1.62. The molecule has 0 aliphatic rings. The van der Waals surface area contributed by atoms with E-state index in [0.717, 1.165) is 17.7 Å². The largest absolute Gasteiger partial charge is 0.354 e. The lowest BCUT2D eigenvalue weighted by atomic mass is 10.0. The van der Waals surface area contributed by atoms with Crippen LogP contribution in [0.3, 0.4) is 0 Å². The van der Waals surface area contributed by atoms with Gasteiger partial charge in [-0.1, -0.05) is 13.3 Å². The van der Waals surface area contributed by atoms with Gasteiger partial charge in [0.25, 0.3) is 5.91 Å². The summed E-state index contributed by atoms with van der Waals surface area (Å²) in [5.74, 6) is -0.219. The van der Waals surface area contributed by atoms with Gasteiger partial charge >= 0.3 is 0 Å². The molecule has 1 amide bonds. The number of nitrogens with one attached hydrogen (secondary N) is 2. The predicted molar refractivity (Wildman–Crippen MR) is 80.1 cm³/mol. The Labute approximate surface area is 120 Å². The van der Waals surface area contributed by atoms with Gasteiger partial charge in [0, 0.05) is 23.3 Å². The number of hydrogen-bond donors (Lipinski definition) is 3. The van der Waals surface area contributed by atoms with E-state index in [1.54, 1.807) is 0 Å². The molecule has 0 unspecified atom stereocenters. The van der Waals surface area contributed by atoms with Crippen LogP contribution >= 0.6 is 0 Å². The van der Waals surface area contributed by atoms with Crippen molar-refractivity contribution in [1.29, 1.82) is 0 Å². The quantitative estimate of drug-likeness (QED) is 0.695. The first-order chi connectivity index (χ1) is 9.17. The zero-order chi connectivity index (χ0) is 15.5. The van der Waals surface area contributed by atoms with Crippen LogP contribution in [0.25, 0.3) is 0 Å². The number of aromatic amines is 1. The van der Waals surface area contributed by atoms with E-state index in [0.29, 0.717) is 24.2 Å². The Morgan fingerprint density at radius 3 is 2.40 bits per heavy atom. The highest BCUT2D eigenvalue weighted by molar-refractivity contribution is 6.02. The summed E-state index contributed by atoms with van der Waals surface area (Å²) >= 11 is 0. The molecule has 5 nitrogen and oxygen atoms in total. The van der Waals surface area contributed by atoms with Gasteiger partial charge in [0.1, 0.15) is 5.69 Å². The van der Waals surface area contributed by atoms with E-state index in [1.807, 2.05) is 27.7 Å². The molecule has 4 N–H and O–H groups in total. The van der Waals surface area contributed by atoms with Crippen LogP contribution in [-0.2, 0) is 6.42 Å². The third-order valence-corrected chi connectivity index (χ3v) is 3.07. The minimum absolute atomic E-state index is 0.0135. The molecule has 0 radical (unpaired) electrons. The number of nitrogens with two attached hydrogens (primary N) is 1. The average Bonchev–Trinajstić information content (AvgIpc) is 2.63. The van der Waals surface area contributed by atoms with Gasteiger partial charge in [0.15, 0.2) is 5.78 Å². The van der Waals surface area contributed by atoms with E-state index >= 15 is 0 Å². The van der Waals surface area contributed by atoms with E-state index in [4.69, 9.17) is 5.73 Å². The number of aromatic nitrogens is 1. The van der Waals surface area contributed by atoms with Gasteiger partial charge < -0.3 is 16.0 Å². The van der Waals surface area contributed by atoms with Crippen LogP contribution in [0.1, 0.15) is 66.2 Å². The maximum Gasteiger partial charge on any atom is 0.268 e. The molecule has 0 fully saturated rings. The molecule has 0 saturated heterocycles. The second-order valence-corrected chi connectivity index (χ2v) is 5.96. The van der Waals surface area contributed by atoms with Crippen molar-refractivity contribution in [2.45, 2.75) is 53.0 Å². The second kappa shape index (κ2) is 6.22. The van der Waals surface area contributed by atoms with Gasteiger partial charge in [0.2, 0.25) is 0 Å².